The van der Waals surface area contributed by atoms with Gasteiger partial charge in [0, 0.05) is 17.5 Å². The lowest BCUT2D eigenvalue weighted by atomic mass is 10.1. The van der Waals surface area contributed by atoms with Crippen molar-refractivity contribution in [3.8, 4) is 5.75 Å². The van der Waals surface area contributed by atoms with Crippen LogP contribution < -0.4 is 4.74 Å². The van der Waals surface area contributed by atoms with E-state index in [-0.39, 0.29) is 19.0 Å². The largest absolute Gasteiger partial charge is 0.467 e. The maximum absolute atomic E-state index is 13.1. The van der Waals surface area contributed by atoms with Gasteiger partial charge < -0.3 is 14.3 Å². The third-order valence-corrected chi connectivity index (χ3v) is 2.05. The van der Waals surface area contributed by atoms with Gasteiger partial charge in [-0.15, -0.1) is 0 Å². The van der Waals surface area contributed by atoms with E-state index in [1.807, 2.05) is 0 Å². The maximum atomic E-state index is 13.1. The number of hydrogen-bond acceptors (Lipinski definition) is 3. The van der Waals surface area contributed by atoms with E-state index in [4.69, 9.17) is 9.47 Å². The van der Waals surface area contributed by atoms with Crippen molar-refractivity contribution in [1.29, 1.82) is 0 Å². The Bertz CT molecular complexity index is 363. The molecule has 2 rings (SSSR count). The summed E-state index contributed by atoms with van der Waals surface area (Å²) in [7, 11) is 0. The average Bonchev–Trinajstić information content (AvgIpc) is 2.18. The number of ether oxygens (including phenoxy) is 2. The van der Waals surface area contributed by atoms with Crippen molar-refractivity contribution in [2.24, 2.45) is 0 Å². The first-order valence-corrected chi connectivity index (χ1v) is 4.26. The summed E-state index contributed by atoms with van der Waals surface area (Å²) in [6.07, 6.45) is 0.897. The van der Waals surface area contributed by atoms with Crippen LogP contribution in [0.4, 0.5) is 4.39 Å². The molecule has 0 unspecified atom stereocenters. The number of carbonyl (C=O) groups excluding carboxylic acids is 1. The first-order chi connectivity index (χ1) is 6.81. The third kappa shape index (κ3) is 1.61. The van der Waals surface area contributed by atoms with Gasteiger partial charge in [-0.2, -0.15) is 0 Å². The number of benzene rings is 1. The van der Waals surface area contributed by atoms with Crippen LogP contribution in [0, 0.1) is 5.82 Å². The fraction of sp³-hybridized carbons (Fsp3) is 0.300. The molecule has 1 aromatic carbocycles. The molecule has 1 aliphatic rings. The molecule has 0 aliphatic carbocycles. The molecule has 0 radical (unpaired) electrons. The molecule has 3 nitrogen and oxygen atoms in total. The second-order valence-corrected chi connectivity index (χ2v) is 3.03. The monoisotopic (exact) mass is 196 g/mol. The Morgan fingerprint density at radius 1 is 1.50 bits per heavy atom. The second-order valence-electron chi connectivity index (χ2n) is 3.03. The van der Waals surface area contributed by atoms with Crippen molar-refractivity contribution in [2.45, 2.75) is 13.0 Å². The molecular weight excluding hydrogens is 187 g/mol. The van der Waals surface area contributed by atoms with Crippen LogP contribution in [0.5, 0.6) is 5.75 Å². The molecule has 0 saturated carbocycles. The van der Waals surface area contributed by atoms with E-state index in [2.05, 4.69) is 0 Å². The van der Waals surface area contributed by atoms with Crippen molar-refractivity contribution < 1.29 is 18.7 Å². The molecule has 14 heavy (non-hydrogen) atoms. The minimum absolute atomic E-state index is 0.157. The van der Waals surface area contributed by atoms with Gasteiger partial charge in [0.2, 0.25) is 0 Å². The van der Waals surface area contributed by atoms with E-state index >= 15 is 0 Å². The highest BCUT2D eigenvalue weighted by molar-refractivity contribution is 5.59. The summed E-state index contributed by atoms with van der Waals surface area (Å²) >= 11 is 0. The number of aldehydes is 1. The summed E-state index contributed by atoms with van der Waals surface area (Å²) < 4.78 is 23.3. The zero-order chi connectivity index (χ0) is 9.97. The number of rotatable bonds is 2. The summed E-state index contributed by atoms with van der Waals surface area (Å²) in [5.74, 6) is 0.222. The molecule has 0 N–H and O–H groups in total. The SMILES string of the molecule is O=CCc1cc(F)cc2c1OCOC2. The predicted molar refractivity (Wildman–Crippen MR) is 46.5 cm³/mol. The number of hydrogen-bond donors (Lipinski definition) is 0. The molecular formula is C10H9FO3. The van der Waals surface area contributed by atoms with E-state index in [9.17, 15) is 9.18 Å². The van der Waals surface area contributed by atoms with Crippen molar-refractivity contribution in [3.05, 3.63) is 29.1 Å². The van der Waals surface area contributed by atoms with E-state index in [0.717, 1.165) is 6.29 Å². The molecule has 0 saturated heterocycles. The van der Waals surface area contributed by atoms with Gasteiger partial charge in [-0.25, -0.2) is 4.39 Å². The zero-order valence-corrected chi connectivity index (χ0v) is 7.46. The summed E-state index contributed by atoms with van der Waals surface area (Å²) in [5.41, 5.74) is 1.24. The van der Waals surface area contributed by atoms with Gasteiger partial charge >= 0.3 is 0 Å². The Balaban J connectivity index is 2.46. The first-order valence-electron chi connectivity index (χ1n) is 4.26. The summed E-state index contributed by atoms with van der Waals surface area (Å²) in [5, 5.41) is 0. The molecule has 1 aromatic rings. The molecule has 74 valence electrons. The smallest absolute Gasteiger partial charge is 0.189 e. The molecule has 0 spiro atoms. The van der Waals surface area contributed by atoms with Crippen molar-refractivity contribution in [2.75, 3.05) is 6.79 Å². The molecule has 4 heteroatoms. The number of fused-ring (bicyclic) bond motifs is 1. The molecule has 0 atom stereocenters. The van der Waals surface area contributed by atoms with E-state index in [1.54, 1.807) is 0 Å². The highest BCUT2D eigenvalue weighted by Gasteiger charge is 2.16. The Morgan fingerprint density at radius 3 is 3.14 bits per heavy atom. The Kier molecular flexibility index (Phi) is 2.45. The minimum atomic E-state index is -0.366. The lowest BCUT2D eigenvalue weighted by molar-refractivity contribution is -0.107. The topological polar surface area (TPSA) is 35.5 Å². The summed E-state index contributed by atoms with van der Waals surface area (Å²) in [6.45, 7) is 0.490. The molecule has 0 aromatic heterocycles. The third-order valence-electron chi connectivity index (χ3n) is 2.05. The van der Waals surface area contributed by atoms with E-state index in [1.165, 1.54) is 12.1 Å². The minimum Gasteiger partial charge on any atom is -0.467 e. The van der Waals surface area contributed by atoms with Crippen molar-refractivity contribution in [1.82, 2.24) is 0 Å². The fourth-order valence-electron chi connectivity index (χ4n) is 1.50. The van der Waals surface area contributed by atoms with Gasteiger partial charge in [0.25, 0.3) is 0 Å². The van der Waals surface area contributed by atoms with Gasteiger partial charge in [-0.3, -0.25) is 0 Å². The van der Waals surface area contributed by atoms with Crippen LogP contribution in [-0.2, 0) is 22.6 Å². The summed E-state index contributed by atoms with van der Waals surface area (Å²) in [6, 6.07) is 2.68. The molecule has 0 bridgehead atoms. The standard InChI is InChI=1S/C10H9FO3/c11-9-3-7(1-2-12)10-8(4-9)5-13-6-14-10/h2-4H,1,5-6H2. The van der Waals surface area contributed by atoms with Gasteiger partial charge in [0.15, 0.2) is 6.79 Å². The maximum Gasteiger partial charge on any atom is 0.189 e. The molecule has 0 fully saturated rings. The lowest BCUT2D eigenvalue weighted by Crippen LogP contribution is -2.13. The average molecular weight is 196 g/mol. The van der Waals surface area contributed by atoms with Gasteiger partial charge in [0.1, 0.15) is 17.9 Å². The Morgan fingerprint density at radius 2 is 2.36 bits per heavy atom. The van der Waals surface area contributed by atoms with E-state index < -0.39 is 0 Å². The normalized spacial score (nSPS) is 14.4. The Hall–Kier alpha value is -1.42. The van der Waals surface area contributed by atoms with Crippen LogP contribution in [0.2, 0.25) is 0 Å². The quantitative estimate of drug-likeness (QED) is 0.671. The molecule has 1 heterocycles. The predicted octanol–water partition coefficient (Wildman–Crippen LogP) is 1.43. The number of halogens is 1. The molecule has 0 amide bonds. The van der Waals surface area contributed by atoms with Crippen LogP contribution >= 0.6 is 0 Å². The summed E-state index contributed by atoms with van der Waals surface area (Å²) in [4.78, 5) is 10.4. The molecule has 1 aliphatic heterocycles. The van der Waals surface area contributed by atoms with Crippen LogP contribution in [0.3, 0.4) is 0 Å². The van der Waals surface area contributed by atoms with Crippen LogP contribution in [0.25, 0.3) is 0 Å². The van der Waals surface area contributed by atoms with Gasteiger partial charge in [-0.1, -0.05) is 0 Å². The second kappa shape index (κ2) is 3.75. The lowest BCUT2D eigenvalue weighted by Gasteiger charge is -2.19. The number of carbonyl (C=O) groups is 1. The van der Waals surface area contributed by atoms with Gasteiger partial charge in [-0.05, 0) is 12.1 Å². The van der Waals surface area contributed by atoms with Gasteiger partial charge in [0.05, 0.1) is 6.61 Å². The van der Waals surface area contributed by atoms with Crippen LogP contribution in [-0.4, -0.2) is 13.1 Å². The fourth-order valence-corrected chi connectivity index (χ4v) is 1.50. The van der Waals surface area contributed by atoms with Crippen molar-refractivity contribution in [3.63, 3.8) is 0 Å². The van der Waals surface area contributed by atoms with E-state index in [0.29, 0.717) is 23.5 Å². The van der Waals surface area contributed by atoms with Crippen molar-refractivity contribution >= 4 is 6.29 Å². The van der Waals surface area contributed by atoms with Crippen LogP contribution in [0.15, 0.2) is 12.1 Å². The Labute approximate surface area is 80.4 Å². The zero-order valence-electron chi connectivity index (χ0n) is 7.46. The van der Waals surface area contributed by atoms with Crippen LogP contribution in [0.1, 0.15) is 11.1 Å². The highest BCUT2D eigenvalue weighted by Crippen LogP contribution is 2.29. The first kappa shape index (κ1) is 9.15. The highest BCUT2D eigenvalue weighted by atomic mass is 19.1.